The van der Waals surface area contributed by atoms with Gasteiger partial charge in [-0.3, -0.25) is 0 Å². The third kappa shape index (κ3) is 3.80. The van der Waals surface area contributed by atoms with Gasteiger partial charge in [0.25, 0.3) is 0 Å². The first-order chi connectivity index (χ1) is 9.01. The van der Waals surface area contributed by atoms with Crippen molar-refractivity contribution in [2.75, 3.05) is 18.9 Å². The second-order valence-electron chi connectivity index (χ2n) is 3.41. The standard InChI is InChI=1S/C9H13N5O4S/c1-2-18-8(17)5-7(19-9(10)13-5)6(16)4(15)3-12-14-11/h4,6,15-16H,2-3H2,1H3,(H2,10,13). The summed E-state index contributed by atoms with van der Waals surface area (Å²) in [6, 6.07) is 0. The van der Waals surface area contributed by atoms with Crippen LogP contribution in [0.1, 0.15) is 28.4 Å². The number of esters is 1. The molecule has 10 heteroatoms. The van der Waals surface area contributed by atoms with E-state index in [1.807, 2.05) is 0 Å². The molecule has 0 radical (unpaired) electrons. The Morgan fingerprint density at radius 1 is 1.68 bits per heavy atom. The number of aliphatic hydroxyl groups excluding tert-OH is 2. The first kappa shape index (κ1) is 15.2. The van der Waals surface area contributed by atoms with Crippen molar-refractivity contribution in [2.45, 2.75) is 19.1 Å². The SMILES string of the molecule is CCOC(=O)c1nc(N)sc1C(O)C(O)CN=[N+]=[N-]. The van der Waals surface area contributed by atoms with Gasteiger partial charge in [-0.1, -0.05) is 16.5 Å². The van der Waals surface area contributed by atoms with Crippen LogP contribution in [0.3, 0.4) is 0 Å². The minimum atomic E-state index is -1.43. The van der Waals surface area contributed by atoms with E-state index >= 15 is 0 Å². The number of anilines is 1. The fourth-order valence-electron chi connectivity index (χ4n) is 1.29. The van der Waals surface area contributed by atoms with E-state index in [4.69, 9.17) is 16.0 Å². The minimum absolute atomic E-state index is 0.0630. The Kier molecular flexibility index (Phi) is 5.52. The quantitative estimate of drug-likeness (QED) is 0.301. The molecule has 0 amide bonds. The predicted molar refractivity (Wildman–Crippen MR) is 67.5 cm³/mol. The summed E-state index contributed by atoms with van der Waals surface area (Å²) in [4.78, 5) is 17.9. The Hall–Kier alpha value is -1.87. The van der Waals surface area contributed by atoms with E-state index in [1.54, 1.807) is 6.92 Å². The number of hydrogen-bond donors (Lipinski definition) is 3. The number of nitrogens with zero attached hydrogens (tertiary/aromatic N) is 4. The van der Waals surface area contributed by atoms with Crippen molar-refractivity contribution in [2.24, 2.45) is 5.11 Å². The Balaban J connectivity index is 2.98. The van der Waals surface area contributed by atoms with Crippen molar-refractivity contribution in [3.05, 3.63) is 21.0 Å². The lowest BCUT2D eigenvalue weighted by molar-refractivity contribution is 0.0244. The van der Waals surface area contributed by atoms with Gasteiger partial charge in [-0.15, -0.1) is 0 Å². The maximum Gasteiger partial charge on any atom is 0.358 e. The number of aliphatic hydroxyl groups is 2. The Labute approximate surface area is 112 Å². The Morgan fingerprint density at radius 2 is 2.37 bits per heavy atom. The molecule has 0 fully saturated rings. The molecule has 0 aliphatic carbocycles. The van der Waals surface area contributed by atoms with Crippen LogP contribution in [0.25, 0.3) is 10.4 Å². The van der Waals surface area contributed by atoms with Crippen molar-refractivity contribution in [3.8, 4) is 0 Å². The average Bonchev–Trinajstić information content (AvgIpc) is 2.77. The normalized spacial score (nSPS) is 13.4. The molecule has 0 spiro atoms. The molecule has 0 aromatic carbocycles. The number of ether oxygens (including phenoxy) is 1. The zero-order valence-electron chi connectivity index (χ0n) is 10.1. The van der Waals surface area contributed by atoms with E-state index in [-0.39, 0.29) is 28.9 Å². The third-order valence-corrected chi connectivity index (χ3v) is 3.06. The second kappa shape index (κ2) is 6.90. The summed E-state index contributed by atoms with van der Waals surface area (Å²) in [7, 11) is 0. The summed E-state index contributed by atoms with van der Waals surface area (Å²) in [5, 5.41) is 22.7. The molecule has 1 heterocycles. The van der Waals surface area contributed by atoms with Gasteiger partial charge in [0.05, 0.1) is 24.1 Å². The molecule has 4 N–H and O–H groups in total. The predicted octanol–water partition coefficient (Wildman–Crippen LogP) is 0.607. The highest BCUT2D eigenvalue weighted by Gasteiger charge is 2.28. The van der Waals surface area contributed by atoms with Crippen LogP contribution in [0.4, 0.5) is 5.13 Å². The fourth-order valence-corrected chi connectivity index (χ4v) is 2.16. The lowest BCUT2D eigenvalue weighted by atomic mass is 10.1. The largest absolute Gasteiger partial charge is 0.461 e. The fraction of sp³-hybridized carbons (Fsp3) is 0.556. The number of nitrogens with two attached hydrogens (primary N) is 1. The summed E-state index contributed by atoms with van der Waals surface area (Å²) in [6.07, 6.45) is -2.79. The summed E-state index contributed by atoms with van der Waals surface area (Å²) in [6.45, 7) is 1.44. The van der Waals surface area contributed by atoms with Crippen molar-refractivity contribution >= 4 is 22.4 Å². The number of carbonyl (C=O) groups is 1. The van der Waals surface area contributed by atoms with E-state index in [1.165, 1.54) is 0 Å². The molecule has 0 saturated carbocycles. The molecule has 2 atom stereocenters. The van der Waals surface area contributed by atoms with Crippen LogP contribution in [0, 0.1) is 0 Å². The van der Waals surface area contributed by atoms with Crippen LogP contribution >= 0.6 is 11.3 Å². The molecular formula is C9H13N5O4S. The maximum absolute atomic E-state index is 11.6. The van der Waals surface area contributed by atoms with Crippen LogP contribution in [0.2, 0.25) is 0 Å². The molecule has 0 aliphatic heterocycles. The number of nitrogen functional groups attached to an aromatic ring is 1. The van der Waals surface area contributed by atoms with Crippen molar-refractivity contribution in [1.29, 1.82) is 0 Å². The number of hydrogen-bond acceptors (Lipinski definition) is 8. The molecule has 9 nitrogen and oxygen atoms in total. The van der Waals surface area contributed by atoms with Crippen LogP contribution in [0.15, 0.2) is 5.11 Å². The molecule has 1 rings (SSSR count). The van der Waals surface area contributed by atoms with Gasteiger partial charge >= 0.3 is 5.97 Å². The topological polar surface area (TPSA) is 154 Å². The number of carbonyl (C=O) groups excluding carboxylic acids is 1. The van der Waals surface area contributed by atoms with Gasteiger partial charge < -0.3 is 20.7 Å². The van der Waals surface area contributed by atoms with Gasteiger partial charge in [-0.05, 0) is 12.5 Å². The molecule has 1 aromatic heterocycles. The molecule has 104 valence electrons. The average molecular weight is 287 g/mol. The zero-order valence-corrected chi connectivity index (χ0v) is 10.9. The van der Waals surface area contributed by atoms with E-state index in [0.29, 0.717) is 0 Å². The molecule has 19 heavy (non-hydrogen) atoms. The Morgan fingerprint density at radius 3 is 2.95 bits per heavy atom. The van der Waals surface area contributed by atoms with Gasteiger partial charge in [-0.2, -0.15) is 0 Å². The number of thiazole rings is 1. The van der Waals surface area contributed by atoms with Crippen LogP contribution in [-0.2, 0) is 4.74 Å². The smallest absolute Gasteiger partial charge is 0.358 e. The van der Waals surface area contributed by atoms with E-state index < -0.39 is 18.2 Å². The van der Waals surface area contributed by atoms with E-state index in [2.05, 4.69) is 15.0 Å². The van der Waals surface area contributed by atoms with E-state index in [0.717, 1.165) is 11.3 Å². The van der Waals surface area contributed by atoms with Crippen molar-refractivity contribution < 1.29 is 19.7 Å². The summed E-state index contributed by atoms with van der Waals surface area (Å²) in [5.74, 6) is -0.736. The highest BCUT2D eigenvalue weighted by Crippen LogP contribution is 2.29. The Bertz CT molecular complexity index is 499. The summed E-state index contributed by atoms with van der Waals surface area (Å²) >= 11 is 0.859. The monoisotopic (exact) mass is 287 g/mol. The van der Waals surface area contributed by atoms with Gasteiger partial charge in [0.2, 0.25) is 0 Å². The van der Waals surface area contributed by atoms with E-state index in [9.17, 15) is 15.0 Å². The highest BCUT2D eigenvalue weighted by atomic mass is 32.1. The van der Waals surface area contributed by atoms with Crippen LogP contribution < -0.4 is 5.73 Å². The first-order valence-electron chi connectivity index (χ1n) is 5.31. The number of aromatic nitrogens is 1. The van der Waals surface area contributed by atoms with Gasteiger partial charge in [0, 0.05) is 4.91 Å². The van der Waals surface area contributed by atoms with Crippen LogP contribution in [0.5, 0.6) is 0 Å². The molecule has 0 saturated heterocycles. The number of rotatable bonds is 6. The van der Waals surface area contributed by atoms with Crippen molar-refractivity contribution in [3.63, 3.8) is 0 Å². The van der Waals surface area contributed by atoms with Gasteiger partial charge in [0.1, 0.15) is 6.10 Å². The first-order valence-corrected chi connectivity index (χ1v) is 6.13. The third-order valence-electron chi connectivity index (χ3n) is 2.10. The summed E-state index contributed by atoms with van der Waals surface area (Å²) < 4.78 is 4.77. The zero-order chi connectivity index (χ0) is 14.4. The lowest BCUT2D eigenvalue weighted by Crippen LogP contribution is -2.22. The van der Waals surface area contributed by atoms with Gasteiger partial charge in [0.15, 0.2) is 10.8 Å². The summed E-state index contributed by atoms with van der Waals surface area (Å²) in [5.41, 5.74) is 13.5. The molecule has 2 unspecified atom stereocenters. The second-order valence-corrected chi connectivity index (χ2v) is 4.47. The van der Waals surface area contributed by atoms with Crippen LogP contribution in [-0.4, -0.2) is 40.4 Å². The molecule has 0 bridgehead atoms. The van der Waals surface area contributed by atoms with Gasteiger partial charge in [-0.25, -0.2) is 9.78 Å². The maximum atomic E-state index is 11.6. The minimum Gasteiger partial charge on any atom is -0.461 e. The molecule has 1 aromatic rings. The molecular weight excluding hydrogens is 274 g/mol. The highest BCUT2D eigenvalue weighted by molar-refractivity contribution is 7.15. The molecule has 0 aliphatic rings. The number of azide groups is 1. The lowest BCUT2D eigenvalue weighted by Gasteiger charge is -2.14. The van der Waals surface area contributed by atoms with Crippen molar-refractivity contribution in [1.82, 2.24) is 4.98 Å².